The van der Waals surface area contributed by atoms with E-state index in [0.717, 1.165) is 27.5 Å². The average molecular weight is 431 g/mol. The maximum Gasteiger partial charge on any atom is 0.283 e. The Labute approximate surface area is 176 Å². The zero-order valence-electron chi connectivity index (χ0n) is 15.4. The fourth-order valence-electron chi connectivity index (χ4n) is 3.33. The average Bonchev–Trinajstić information content (AvgIpc) is 3.13. The molecule has 5 nitrogen and oxygen atoms in total. The van der Waals surface area contributed by atoms with Crippen LogP contribution in [0.2, 0.25) is 10.0 Å². The Kier molecular flexibility index (Phi) is 4.73. The summed E-state index contributed by atoms with van der Waals surface area (Å²) in [4.78, 5) is 19.3. The Morgan fingerprint density at radius 2 is 1.96 bits per heavy atom. The molecule has 2 aliphatic heterocycles. The van der Waals surface area contributed by atoms with Crippen LogP contribution in [0, 0.1) is 19.3 Å². The van der Waals surface area contributed by atoms with Gasteiger partial charge in [-0.3, -0.25) is 15.1 Å². The number of nitrogens with one attached hydrogen (secondary N) is 1. The number of thioether (sulfide) groups is 1. The van der Waals surface area contributed by atoms with Crippen molar-refractivity contribution in [2.24, 2.45) is 4.99 Å². The number of carbonyl (C=O) groups excluding carboxylic acids is 1. The molecule has 0 saturated heterocycles. The van der Waals surface area contributed by atoms with Crippen LogP contribution in [0.25, 0.3) is 11.8 Å². The van der Waals surface area contributed by atoms with Crippen LogP contribution in [0.3, 0.4) is 0 Å². The zero-order chi connectivity index (χ0) is 20.2. The smallest absolute Gasteiger partial charge is 0.283 e. The molecule has 1 aromatic carbocycles. The van der Waals surface area contributed by atoms with E-state index in [4.69, 9.17) is 28.6 Å². The van der Waals surface area contributed by atoms with Gasteiger partial charge >= 0.3 is 0 Å². The van der Waals surface area contributed by atoms with E-state index in [1.54, 1.807) is 17.0 Å². The molecule has 8 heteroatoms. The van der Waals surface area contributed by atoms with Crippen molar-refractivity contribution < 1.29 is 4.79 Å². The van der Waals surface area contributed by atoms with E-state index in [9.17, 15) is 4.79 Å². The maximum atomic E-state index is 12.5. The van der Waals surface area contributed by atoms with Crippen LogP contribution in [0.1, 0.15) is 23.9 Å². The summed E-state index contributed by atoms with van der Waals surface area (Å²) >= 11 is 14.0. The van der Waals surface area contributed by atoms with Crippen molar-refractivity contribution in [3.63, 3.8) is 0 Å². The highest BCUT2D eigenvalue weighted by Crippen LogP contribution is 2.34. The first-order valence-corrected chi connectivity index (χ1v) is 10.1. The van der Waals surface area contributed by atoms with Crippen molar-refractivity contribution in [1.82, 2.24) is 9.47 Å². The van der Waals surface area contributed by atoms with Gasteiger partial charge in [0, 0.05) is 22.5 Å². The largest absolute Gasteiger partial charge is 0.316 e. The molecule has 1 N–H and O–H groups in total. The molecule has 0 unspecified atom stereocenters. The van der Waals surface area contributed by atoms with Gasteiger partial charge < -0.3 is 4.57 Å². The Bertz CT molecular complexity index is 1140. The molecule has 1 amide bonds. The minimum Gasteiger partial charge on any atom is -0.316 e. The van der Waals surface area contributed by atoms with Gasteiger partial charge in [0.05, 0.1) is 21.3 Å². The molecule has 28 heavy (non-hydrogen) atoms. The predicted octanol–water partition coefficient (Wildman–Crippen LogP) is 5.57. The number of aryl methyl sites for hydroxylation is 1. The fraction of sp³-hybridized carbons (Fsp3) is 0.150. The highest BCUT2D eigenvalue weighted by Gasteiger charge is 2.33. The van der Waals surface area contributed by atoms with Crippen LogP contribution >= 0.6 is 35.0 Å². The number of amides is 1. The summed E-state index contributed by atoms with van der Waals surface area (Å²) in [6, 6.07) is 7.44. The first-order chi connectivity index (χ1) is 13.3. The molecule has 0 bridgehead atoms. The number of aliphatic imine (C=N–C) groups is 1. The third-order valence-corrected chi connectivity index (χ3v) is 6.34. The molecule has 2 aromatic rings. The topological polar surface area (TPSA) is 61.5 Å². The highest BCUT2D eigenvalue weighted by atomic mass is 35.5. The third kappa shape index (κ3) is 3.02. The van der Waals surface area contributed by atoms with Gasteiger partial charge in [0.15, 0.2) is 5.17 Å². The molecule has 2 aliphatic rings. The van der Waals surface area contributed by atoms with Crippen molar-refractivity contribution in [2.45, 2.75) is 20.8 Å². The van der Waals surface area contributed by atoms with E-state index in [1.807, 2.05) is 49.7 Å². The number of carbonyl (C=O) groups is 1. The summed E-state index contributed by atoms with van der Waals surface area (Å²) in [7, 11) is 0. The molecular formula is C20H16Cl2N4OS. The predicted molar refractivity (Wildman–Crippen MR) is 117 cm³/mol. The summed E-state index contributed by atoms with van der Waals surface area (Å²) in [5.41, 5.74) is 3.70. The lowest BCUT2D eigenvalue weighted by Gasteiger charge is -2.22. The Balaban J connectivity index is 1.81. The molecule has 4 rings (SSSR count). The normalized spacial score (nSPS) is 17.9. The summed E-state index contributed by atoms with van der Waals surface area (Å²) in [5, 5.41) is 9.93. The van der Waals surface area contributed by atoms with Crippen LogP contribution < -0.4 is 0 Å². The molecule has 3 heterocycles. The molecule has 0 atom stereocenters. The van der Waals surface area contributed by atoms with Crippen LogP contribution in [-0.2, 0) is 4.79 Å². The van der Waals surface area contributed by atoms with Gasteiger partial charge in [0.2, 0.25) is 0 Å². The summed E-state index contributed by atoms with van der Waals surface area (Å²) in [5.74, 6) is -0.276. The summed E-state index contributed by atoms with van der Waals surface area (Å²) in [6.07, 6.45) is 3.54. The quantitative estimate of drug-likeness (QED) is 0.633. The van der Waals surface area contributed by atoms with Gasteiger partial charge in [-0.25, -0.2) is 0 Å². The number of benzene rings is 1. The zero-order valence-corrected chi connectivity index (χ0v) is 17.7. The number of halogens is 2. The number of aromatic nitrogens is 1. The molecule has 0 aliphatic carbocycles. The van der Waals surface area contributed by atoms with Gasteiger partial charge in [0.25, 0.3) is 5.91 Å². The van der Waals surface area contributed by atoms with Gasteiger partial charge in [0.1, 0.15) is 5.84 Å². The Hall–Kier alpha value is -2.28. The number of rotatable bonds is 2. The first-order valence-electron chi connectivity index (χ1n) is 8.50. The Morgan fingerprint density at radius 1 is 1.21 bits per heavy atom. The van der Waals surface area contributed by atoms with Crippen molar-refractivity contribution >= 4 is 58.0 Å². The lowest BCUT2D eigenvalue weighted by molar-refractivity contribution is -0.114. The number of hydrogen-bond donors (Lipinski definition) is 1. The summed E-state index contributed by atoms with van der Waals surface area (Å²) < 4.78 is 1.99. The molecule has 142 valence electrons. The molecule has 0 fully saturated rings. The van der Waals surface area contributed by atoms with E-state index < -0.39 is 5.91 Å². The van der Waals surface area contributed by atoms with Crippen molar-refractivity contribution in [2.75, 3.05) is 0 Å². The minimum absolute atomic E-state index is 0.130. The van der Waals surface area contributed by atoms with Crippen LogP contribution in [0.5, 0.6) is 0 Å². The number of allylic oxidation sites excluding steroid dienone is 1. The first kappa shape index (κ1) is 19.1. The number of amidine groups is 2. The lowest BCUT2D eigenvalue weighted by Crippen LogP contribution is -2.35. The monoisotopic (exact) mass is 430 g/mol. The van der Waals surface area contributed by atoms with Crippen LogP contribution in [-0.4, -0.2) is 26.4 Å². The highest BCUT2D eigenvalue weighted by molar-refractivity contribution is 8.17. The lowest BCUT2D eigenvalue weighted by atomic mass is 10.1. The molecule has 0 radical (unpaired) electrons. The van der Waals surface area contributed by atoms with E-state index in [0.29, 0.717) is 15.2 Å². The molecular weight excluding hydrogens is 415 g/mol. The molecule has 1 aromatic heterocycles. The standard InChI is InChI=1S/C20H16Cl2N4OS/c1-10-7-13(12(3)26(10)16-6-4-5-15(21)17(16)22)8-14-18(23)25-9-11(2)28-20(25)24-19(14)27/h4-9,23H,1-3H3/b14-8-,23-18?. The van der Waals surface area contributed by atoms with Gasteiger partial charge in [-0.2, -0.15) is 4.99 Å². The maximum absolute atomic E-state index is 12.5. The SMILES string of the molecule is CC1=CN2C(=N)/C(=C/c3cc(C)n(-c4cccc(Cl)c4Cl)c3C)C(=O)N=C2S1. The molecule has 0 spiro atoms. The second-order valence-electron chi connectivity index (χ2n) is 6.55. The van der Waals surface area contributed by atoms with E-state index in [2.05, 4.69) is 4.99 Å². The van der Waals surface area contributed by atoms with Crippen LogP contribution in [0.4, 0.5) is 0 Å². The Morgan fingerprint density at radius 3 is 2.71 bits per heavy atom. The van der Waals surface area contributed by atoms with Crippen LogP contribution in [0.15, 0.2) is 45.9 Å². The van der Waals surface area contributed by atoms with E-state index >= 15 is 0 Å². The second kappa shape index (κ2) is 6.95. The van der Waals surface area contributed by atoms with Gasteiger partial charge in [-0.1, -0.05) is 41.0 Å². The minimum atomic E-state index is -0.405. The van der Waals surface area contributed by atoms with Crippen molar-refractivity contribution in [1.29, 1.82) is 5.41 Å². The second-order valence-corrected chi connectivity index (χ2v) is 8.55. The van der Waals surface area contributed by atoms with Gasteiger partial charge in [-0.15, -0.1) is 0 Å². The fourth-order valence-corrected chi connectivity index (χ4v) is 4.52. The van der Waals surface area contributed by atoms with Crippen molar-refractivity contribution in [3.05, 3.63) is 67.9 Å². The van der Waals surface area contributed by atoms with E-state index in [1.165, 1.54) is 11.8 Å². The molecule has 0 saturated carbocycles. The van der Waals surface area contributed by atoms with Gasteiger partial charge in [-0.05, 0) is 50.6 Å². The number of fused-ring (bicyclic) bond motifs is 1. The van der Waals surface area contributed by atoms with E-state index in [-0.39, 0.29) is 11.4 Å². The number of nitrogens with zero attached hydrogens (tertiary/aromatic N) is 3. The van der Waals surface area contributed by atoms with Crippen molar-refractivity contribution in [3.8, 4) is 5.69 Å². The third-order valence-electron chi connectivity index (χ3n) is 4.64. The number of hydrogen-bond acceptors (Lipinski definition) is 3. The summed E-state index contributed by atoms with van der Waals surface area (Å²) in [6.45, 7) is 5.83.